The SMILES string of the molecule is COC(=O)CN1CCCC2(CCCN2C(=O)NC2CC2c2ccccc2)C1=O. The number of esters is 1. The van der Waals surface area contributed by atoms with Crippen molar-refractivity contribution in [2.75, 3.05) is 26.7 Å². The van der Waals surface area contributed by atoms with E-state index in [2.05, 4.69) is 17.4 Å². The molecule has 28 heavy (non-hydrogen) atoms. The number of hydrogen-bond donors (Lipinski definition) is 1. The highest BCUT2D eigenvalue weighted by molar-refractivity contribution is 5.94. The minimum absolute atomic E-state index is 0.0503. The van der Waals surface area contributed by atoms with Gasteiger partial charge in [-0.25, -0.2) is 4.79 Å². The Balaban J connectivity index is 1.43. The van der Waals surface area contributed by atoms with Gasteiger partial charge in [0.15, 0.2) is 0 Å². The molecule has 0 radical (unpaired) electrons. The molecule has 1 saturated carbocycles. The minimum Gasteiger partial charge on any atom is -0.468 e. The Hall–Kier alpha value is -2.57. The maximum absolute atomic E-state index is 13.2. The van der Waals surface area contributed by atoms with Crippen LogP contribution >= 0.6 is 0 Å². The molecule has 7 heteroatoms. The number of carbonyl (C=O) groups excluding carboxylic acids is 3. The van der Waals surface area contributed by atoms with Crippen LogP contribution in [0.15, 0.2) is 30.3 Å². The summed E-state index contributed by atoms with van der Waals surface area (Å²) in [6, 6.07) is 10.2. The first-order valence-electron chi connectivity index (χ1n) is 10.0. The summed E-state index contributed by atoms with van der Waals surface area (Å²) in [6.45, 7) is 1.06. The lowest BCUT2D eigenvalue weighted by molar-refractivity contribution is -0.154. The van der Waals surface area contributed by atoms with E-state index in [4.69, 9.17) is 4.74 Å². The number of methoxy groups -OCH3 is 1. The molecule has 7 nitrogen and oxygen atoms in total. The Morgan fingerprint density at radius 3 is 2.61 bits per heavy atom. The first-order chi connectivity index (χ1) is 13.5. The topological polar surface area (TPSA) is 79.0 Å². The van der Waals surface area contributed by atoms with E-state index < -0.39 is 11.5 Å². The molecule has 1 aliphatic carbocycles. The highest BCUT2D eigenvalue weighted by Gasteiger charge is 2.54. The number of urea groups is 1. The third-order valence-corrected chi connectivity index (χ3v) is 6.31. The van der Waals surface area contributed by atoms with E-state index in [1.165, 1.54) is 12.7 Å². The van der Waals surface area contributed by atoms with Crippen LogP contribution in [0.4, 0.5) is 4.79 Å². The largest absolute Gasteiger partial charge is 0.468 e. The maximum Gasteiger partial charge on any atom is 0.325 e. The van der Waals surface area contributed by atoms with Gasteiger partial charge in [-0.1, -0.05) is 30.3 Å². The van der Waals surface area contributed by atoms with Gasteiger partial charge in [0.1, 0.15) is 12.1 Å². The molecule has 3 fully saturated rings. The van der Waals surface area contributed by atoms with E-state index in [1.807, 2.05) is 18.2 Å². The molecule has 0 aromatic heterocycles. The second-order valence-corrected chi connectivity index (χ2v) is 8.00. The number of carbonyl (C=O) groups is 3. The molecular formula is C21H27N3O4. The smallest absolute Gasteiger partial charge is 0.325 e. The zero-order chi connectivity index (χ0) is 19.7. The molecule has 4 rings (SSSR count). The van der Waals surface area contributed by atoms with Crippen molar-refractivity contribution in [3.63, 3.8) is 0 Å². The summed E-state index contributed by atoms with van der Waals surface area (Å²) in [5, 5.41) is 3.13. The quantitative estimate of drug-likeness (QED) is 0.803. The predicted octanol–water partition coefficient (Wildman–Crippen LogP) is 1.88. The summed E-state index contributed by atoms with van der Waals surface area (Å²) in [5.74, 6) is -0.197. The van der Waals surface area contributed by atoms with E-state index in [9.17, 15) is 14.4 Å². The number of benzene rings is 1. The summed E-state index contributed by atoms with van der Waals surface area (Å²) in [7, 11) is 1.32. The molecule has 2 aliphatic heterocycles. The number of nitrogens with one attached hydrogen (secondary N) is 1. The molecule has 2 heterocycles. The van der Waals surface area contributed by atoms with Crippen molar-refractivity contribution in [1.29, 1.82) is 0 Å². The molecule has 1 N–H and O–H groups in total. The van der Waals surface area contributed by atoms with E-state index in [1.54, 1.807) is 9.80 Å². The number of ether oxygens (including phenoxy) is 1. The summed E-state index contributed by atoms with van der Waals surface area (Å²) in [5.41, 5.74) is 0.426. The Bertz CT molecular complexity index is 768. The predicted molar refractivity (Wildman–Crippen MR) is 103 cm³/mol. The fraction of sp³-hybridized carbons (Fsp3) is 0.571. The van der Waals surface area contributed by atoms with Gasteiger partial charge in [-0.3, -0.25) is 9.59 Å². The van der Waals surface area contributed by atoms with Crippen molar-refractivity contribution in [3.05, 3.63) is 35.9 Å². The molecule has 1 aromatic carbocycles. The summed E-state index contributed by atoms with van der Waals surface area (Å²) in [4.78, 5) is 41.2. The summed E-state index contributed by atoms with van der Waals surface area (Å²) >= 11 is 0. The van der Waals surface area contributed by atoms with Crippen LogP contribution in [-0.4, -0.2) is 66.0 Å². The zero-order valence-corrected chi connectivity index (χ0v) is 16.2. The molecule has 2 saturated heterocycles. The van der Waals surface area contributed by atoms with Gasteiger partial charge >= 0.3 is 12.0 Å². The van der Waals surface area contributed by atoms with Gasteiger partial charge in [0, 0.05) is 25.0 Å². The lowest BCUT2D eigenvalue weighted by Gasteiger charge is -2.44. The van der Waals surface area contributed by atoms with Gasteiger partial charge in [-0.05, 0) is 37.7 Å². The van der Waals surface area contributed by atoms with E-state index in [-0.39, 0.29) is 24.5 Å². The van der Waals surface area contributed by atoms with Crippen molar-refractivity contribution in [2.24, 2.45) is 0 Å². The van der Waals surface area contributed by atoms with Gasteiger partial charge in [0.05, 0.1) is 7.11 Å². The first kappa shape index (κ1) is 18.8. The van der Waals surface area contributed by atoms with Gasteiger partial charge < -0.3 is 19.9 Å². The van der Waals surface area contributed by atoms with Crippen molar-refractivity contribution in [1.82, 2.24) is 15.1 Å². The monoisotopic (exact) mass is 385 g/mol. The van der Waals surface area contributed by atoms with Gasteiger partial charge in [0.25, 0.3) is 0 Å². The Morgan fingerprint density at radius 2 is 1.89 bits per heavy atom. The molecule has 1 aromatic rings. The zero-order valence-electron chi connectivity index (χ0n) is 16.2. The lowest BCUT2D eigenvalue weighted by atomic mass is 9.85. The van der Waals surface area contributed by atoms with E-state index >= 15 is 0 Å². The lowest BCUT2D eigenvalue weighted by Crippen LogP contribution is -2.63. The number of rotatable bonds is 4. The summed E-state index contributed by atoms with van der Waals surface area (Å²) in [6.07, 6.45) is 3.83. The third-order valence-electron chi connectivity index (χ3n) is 6.31. The van der Waals surface area contributed by atoms with Crippen molar-refractivity contribution in [3.8, 4) is 0 Å². The fourth-order valence-corrected chi connectivity index (χ4v) is 4.75. The number of nitrogens with zero attached hydrogens (tertiary/aromatic N) is 2. The molecule has 3 unspecified atom stereocenters. The van der Waals surface area contributed by atoms with Gasteiger partial charge in [0.2, 0.25) is 5.91 Å². The van der Waals surface area contributed by atoms with Crippen LogP contribution in [0.5, 0.6) is 0 Å². The molecule has 3 amide bonds. The molecule has 0 bridgehead atoms. The van der Waals surface area contributed by atoms with Crippen molar-refractivity contribution < 1.29 is 19.1 Å². The van der Waals surface area contributed by atoms with E-state index in [0.717, 1.165) is 19.3 Å². The third kappa shape index (κ3) is 3.34. The average Bonchev–Trinajstić information content (AvgIpc) is 3.34. The second kappa shape index (κ2) is 7.45. The molecule has 1 spiro atoms. The highest BCUT2D eigenvalue weighted by Crippen LogP contribution is 2.42. The highest BCUT2D eigenvalue weighted by atomic mass is 16.5. The Kier molecular flexibility index (Phi) is 5.00. The van der Waals surface area contributed by atoms with Gasteiger partial charge in [-0.2, -0.15) is 0 Å². The number of likely N-dealkylation sites (tertiary alicyclic amines) is 2. The van der Waals surface area contributed by atoms with E-state index in [0.29, 0.717) is 31.8 Å². The van der Waals surface area contributed by atoms with Crippen LogP contribution in [0.2, 0.25) is 0 Å². The molecule has 3 atom stereocenters. The Morgan fingerprint density at radius 1 is 1.18 bits per heavy atom. The maximum atomic E-state index is 13.2. The fourth-order valence-electron chi connectivity index (χ4n) is 4.75. The minimum atomic E-state index is -0.812. The Labute approximate surface area is 165 Å². The van der Waals surface area contributed by atoms with Crippen LogP contribution in [0.25, 0.3) is 0 Å². The van der Waals surface area contributed by atoms with Crippen molar-refractivity contribution in [2.45, 2.75) is 49.6 Å². The normalized spacial score (nSPS) is 29.1. The van der Waals surface area contributed by atoms with Crippen LogP contribution in [0, 0.1) is 0 Å². The standard InChI is InChI=1S/C21H27N3O4/c1-28-18(25)14-23-11-5-9-21(19(23)26)10-6-12-24(21)20(27)22-17-13-16(17)15-7-3-2-4-8-15/h2-4,7-8,16-17H,5-6,9-14H2,1H3,(H,22,27). The van der Waals surface area contributed by atoms with Crippen molar-refractivity contribution >= 4 is 17.9 Å². The van der Waals surface area contributed by atoms with Crippen LogP contribution in [-0.2, 0) is 14.3 Å². The average molecular weight is 385 g/mol. The van der Waals surface area contributed by atoms with Crippen LogP contribution in [0.3, 0.4) is 0 Å². The second-order valence-electron chi connectivity index (χ2n) is 8.00. The van der Waals surface area contributed by atoms with Crippen LogP contribution < -0.4 is 5.32 Å². The number of piperidine rings is 1. The summed E-state index contributed by atoms with van der Waals surface area (Å²) < 4.78 is 4.72. The van der Waals surface area contributed by atoms with Crippen LogP contribution in [0.1, 0.15) is 43.6 Å². The molecular weight excluding hydrogens is 358 g/mol. The first-order valence-corrected chi connectivity index (χ1v) is 10.0. The molecule has 150 valence electrons. The van der Waals surface area contributed by atoms with Gasteiger partial charge in [-0.15, -0.1) is 0 Å². The molecule has 3 aliphatic rings. The number of hydrogen-bond acceptors (Lipinski definition) is 4. The number of amides is 3.